The highest BCUT2D eigenvalue weighted by Crippen LogP contribution is 2.43. The monoisotopic (exact) mass is 515 g/mol. The Hall–Kier alpha value is -2.59. The molecule has 0 bridgehead atoms. The Kier molecular flexibility index (Phi) is 6.28. The molecular weight excluding hydrogens is 493 g/mol. The third kappa shape index (κ3) is 4.40. The van der Waals surface area contributed by atoms with Crippen molar-refractivity contribution in [2.24, 2.45) is 5.41 Å². The summed E-state index contributed by atoms with van der Waals surface area (Å²) in [5, 5.41) is 9.47. The van der Waals surface area contributed by atoms with Crippen LogP contribution in [0.1, 0.15) is 16.8 Å². The van der Waals surface area contributed by atoms with E-state index >= 15 is 0 Å². The zero-order valence-electron chi connectivity index (χ0n) is 18.5. The highest BCUT2D eigenvalue weighted by molar-refractivity contribution is 7.96. The van der Waals surface area contributed by atoms with Gasteiger partial charge in [0.2, 0.25) is 5.88 Å². The number of nitrogens with two attached hydrogens (primary N) is 1. The number of hydrogen-bond donors (Lipinski definition) is 2. The zero-order valence-corrected chi connectivity index (χ0v) is 20.8. The lowest BCUT2D eigenvalue weighted by molar-refractivity contribution is 0.0474. The molecule has 2 aliphatic rings. The maximum absolute atomic E-state index is 8.64. The summed E-state index contributed by atoms with van der Waals surface area (Å²) in [5.74, 6) is 1.24. The predicted molar refractivity (Wildman–Crippen MR) is 137 cm³/mol. The highest BCUT2D eigenvalue weighted by Gasteiger charge is 2.51. The van der Waals surface area contributed by atoms with Gasteiger partial charge in [0.15, 0.2) is 0 Å². The van der Waals surface area contributed by atoms with Crippen LogP contribution in [0.15, 0.2) is 42.9 Å². The topological polar surface area (TPSA) is 104 Å². The van der Waals surface area contributed by atoms with Gasteiger partial charge in [0.1, 0.15) is 18.1 Å². The average molecular weight is 516 g/mol. The number of anilines is 2. The second-order valence-electron chi connectivity index (χ2n) is 8.57. The van der Waals surface area contributed by atoms with E-state index in [-0.39, 0.29) is 12.3 Å². The van der Waals surface area contributed by atoms with Gasteiger partial charge in [0.25, 0.3) is 0 Å². The number of aromatic nitrogens is 3. The number of nitrogens with zero attached hydrogens (tertiary/aromatic N) is 5. The van der Waals surface area contributed by atoms with Crippen LogP contribution in [-0.4, -0.2) is 57.4 Å². The van der Waals surface area contributed by atoms with Crippen molar-refractivity contribution in [3.8, 4) is 5.88 Å². The molecule has 11 heteroatoms. The fraction of sp³-hybridized carbons (Fsp3) is 0.304. The van der Waals surface area contributed by atoms with E-state index in [1.54, 1.807) is 30.3 Å². The van der Waals surface area contributed by atoms with Gasteiger partial charge in [-0.3, -0.25) is 10.4 Å². The molecule has 5 heterocycles. The maximum Gasteiger partial charge on any atom is 0.214 e. The van der Waals surface area contributed by atoms with Crippen molar-refractivity contribution in [2.75, 3.05) is 43.1 Å². The van der Waals surface area contributed by atoms with Gasteiger partial charge in [0, 0.05) is 67.4 Å². The molecule has 0 saturated carbocycles. The van der Waals surface area contributed by atoms with Crippen LogP contribution in [0.2, 0.25) is 10.0 Å². The number of nitrogen functional groups attached to an aromatic ring is 1. The number of nitrogens with one attached hydrogen (secondary N) is 1. The SMILES string of the molecule is CSN1CC2(C1)CN(c1ccc(C(=N)c3nc(OCc4c(Cl)cncc4Cl)ccc3N)cn1)C2. The molecule has 0 aromatic carbocycles. The van der Waals surface area contributed by atoms with E-state index in [1.807, 2.05) is 12.1 Å². The summed E-state index contributed by atoms with van der Waals surface area (Å²) < 4.78 is 8.15. The van der Waals surface area contributed by atoms with Gasteiger partial charge in [-0.2, -0.15) is 0 Å². The minimum Gasteiger partial charge on any atom is -0.473 e. The quantitative estimate of drug-likeness (QED) is 0.357. The van der Waals surface area contributed by atoms with Crippen molar-refractivity contribution in [1.82, 2.24) is 19.3 Å². The molecule has 8 nitrogen and oxygen atoms in total. The standard InChI is InChI=1S/C23H23Cl2N7OS/c1-34-32-12-23(13-32)10-31(11-23)19-4-2-14(6-29-19)21(27)22-18(26)3-5-20(30-22)33-9-15-16(24)7-28-8-17(15)25/h2-8,27H,9-13,26H2,1H3. The van der Waals surface area contributed by atoms with E-state index < -0.39 is 0 Å². The van der Waals surface area contributed by atoms with Crippen molar-refractivity contribution in [3.63, 3.8) is 0 Å². The van der Waals surface area contributed by atoms with Gasteiger partial charge in [0.05, 0.1) is 21.4 Å². The Morgan fingerprint density at radius 3 is 2.50 bits per heavy atom. The van der Waals surface area contributed by atoms with Gasteiger partial charge in [-0.1, -0.05) is 35.1 Å². The average Bonchev–Trinajstić information content (AvgIpc) is 2.78. The van der Waals surface area contributed by atoms with E-state index in [1.165, 1.54) is 12.4 Å². The molecule has 34 heavy (non-hydrogen) atoms. The van der Waals surface area contributed by atoms with Crippen molar-refractivity contribution in [2.45, 2.75) is 6.61 Å². The summed E-state index contributed by atoms with van der Waals surface area (Å²) in [6.07, 6.45) is 6.83. The number of hydrogen-bond acceptors (Lipinski definition) is 9. The Balaban J connectivity index is 1.25. The van der Waals surface area contributed by atoms with E-state index in [2.05, 4.69) is 30.4 Å². The zero-order chi connectivity index (χ0) is 23.9. The predicted octanol–water partition coefficient (Wildman–Crippen LogP) is 4.16. The Morgan fingerprint density at radius 2 is 1.85 bits per heavy atom. The van der Waals surface area contributed by atoms with Crippen molar-refractivity contribution < 1.29 is 4.74 Å². The number of pyridine rings is 3. The molecule has 5 rings (SSSR count). The van der Waals surface area contributed by atoms with Gasteiger partial charge >= 0.3 is 0 Å². The number of halogens is 2. The third-order valence-electron chi connectivity index (χ3n) is 6.15. The maximum atomic E-state index is 8.64. The summed E-state index contributed by atoms with van der Waals surface area (Å²) >= 11 is 14.1. The summed E-state index contributed by atoms with van der Waals surface area (Å²) in [6.45, 7) is 4.43. The molecular formula is C23H23Cl2N7OS. The van der Waals surface area contributed by atoms with Gasteiger partial charge in [-0.25, -0.2) is 14.3 Å². The largest absolute Gasteiger partial charge is 0.473 e. The van der Waals surface area contributed by atoms with Crippen molar-refractivity contribution in [3.05, 3.63) is 69.7 Å². The third-order valence-corrected chi connectivity index (χ3v) is 7.58. The van der Waals surface area contributed by atoms with Crippen LogP contribution in [0.5, 0.6) is 5.88 Å². The summed E-state index contributed by atoms with van der Waals surface area (Å²) in [6, 6.07) is 7.15. The second kappa shape index (κ2) is 9.22. The molecule has 3 N–H and O–H groups in total. The number of rotatable bonds is 7. The van der Waals surface area contributed by atoms with Crippen LogP contribution >= 0.6 is 35.1 Å². The van der Waals surface area contributed by atoms with Crippen LogP contribution in [0.25, 0.3) is 0 Å². The van der Waals surface area contributed by atoms with Gasteiger partial charge < -0.3 is 15.4 Å². The lowest BCUT2D eigenvalue weighted by Crippen LogP contribution is -2.70. The molecule has 0 atom stereocenters. The molecule has 3 aromatic rings. The summed E-state index contributed by atoms with van der Waals surface area (Å²) in [5.41, 5.74) is 8.67. The lowest BCUT2D eigenvalue weighted by atomic mass is 9.74. The van der Waals surface area contributed by atoms with Crippen LogP contribution in [0.3, 0.4) is 0 Å². The highest BCUT2D eigenvalue weighted by atomic mass is 35.5. The summed E-state index contributed by atoms with van der Waals surface area (Å²) in [4.78, 5) is 15.2. The molecule has 0 amide bonds. The second-order valence-corrected chi connectivity index (χ2v) is 10.3. The smallest absolute Gasteiger partial charge is 0.214 e. The Bertz CT molecular complexity index is 1210. The first-order chi connectivity index (χ1) is 16.4. The molecule has 1 spiro atoms. The first kappa shape index (κ1) is 23.2. The van der Waals surface area contributed by atoms with Crippen LogP contribution in [0.4, 0.5) is 11.5 Å². The minimum absolute atomic E-state index is 0.117. The fourth-order valence-electron chi connectivity index (χ4n) is 4.27. The lowest BCUT2D eigenvalue weighted by Gasteiger charge is -2.60. The Labute approximate surface area is 212 Å². The molecule has 0 radical (unpaired) electrons. The normalized spacial score (nSPS) is 16.7. The van der Waals surface area contributed by atoms with Crippen molar-refractivity contribution >= 4 is 52.4 Å². The van der Waals surface area contributed by atoms with Crippen LogP contribution in [-0.2, 0) is 6.61 Å². The van der Waals surface area contributed by atoms with E-state index in [0.29, 0.717) is 43.8 Å². The molecule has 2 aliphatic heterocycles. The van der Waals surface area contributed by atoms with Gasteiger partial charge in [-0.05, 0) is 24.5 Å². The minimum atomic E-state index is 0.117. The molecule has 0 aliphatic carbocycles. The summed E-state index contributed by atoms with van der Waals surface area (Å²) in [7, 11) is 0. The van der Waals surface area contributed by atoms with Crippen LogP contribution in [0, 0.1) is 10.8 Å². The first-order valence-electron chi connectivity index (χ1n) is 10.6. The molecule has 3 aromatic heterocycles. The molecule has 2 fully saturated rings. The van der Waals surface area contributed by atoms with Crippen molar-refractivity contribution in [1.29, 1.82) is 5.41 Å². The van der Waals surface area contributed by atoms with E-state index in [0.717, 1.165) is 32.0 Å². The van der Waals surface area contributed by atoms with Crippen LogP contribution < -0.4 is 15.4 Å². The molecule has 0 unspecified atom stereocenters. The fourth-order valence-corrected chi connectivity index (χ4v) is 5.55. The Morgan fingerprint density at radius 1 is 1.12 bits per heavy atom. The van der Waals surface area contributed by atoms with E-state index in [9.17, 15) is 0 Å². The molecule has 2 saturated heterocycles. The van der Waals surface area contributed by atoms with Gasteiger partial charge in [-0.15, -0.1) is 0 Å². The molecule has 176 valence electrons. The van der Waals surface area contributed by atoms with E-state index in [4.69, 9.17) is 39.1 Å². The number of ether oxygens (including phenoxy) is 1. The first-order valence-corrected chi connectivity index (χ1v) is 12.6.